The van der Waals surface area contributed by atoms with Crippen molar-refractivity contribution in [1.82, 2.24) is 4.98 Å². The maximum atomic E-state index is 13.1. The molecule has 1 aromatic heterocycles. The van der Waals surface area contributed by atoms with E-state index in [4.69, 9.17) is 9.05 Å². The minimum absolute atomic E-state index is 0.110. The Labute approximate surface area is 216 Å². The van der Waals surface area contributed by atoms with Crippen LogP contribution in [0.2, 0.25) is 0 Å². The van der Waals surface area contributed by atoms with E-state index in [0.717, 1.165) is 22.3 Å². The molecule has 0 bridgehead atoms. The van der Waals surface area contributed by atoms with Gasteiger partial charge in [-0.3, -0.25) is 14.7 Å². The van der Waals surface area contributed by atoms with Crippen LogP contribution in [-0.2, 0) is 29.6 Å². The lowest BCUT2D eigenvalue weighted by Crippen LogP contribution is -2.12. The van der Waals surface area contributed by atoms with Crippen LogP contribution in [0.3, 0.4) is 0 Å². The molecule has 0 aliphatic heterocycles. The van der Waals surface area contributed by atoms with Crippen LogP contribution in [0, 0.1) is 6.92 Å². The summed E-state index contributed by atoms with van der Waals surface area (Å²) in [7, 11) is -6.62. The zero-order valence-electron chi connectivity index (χ0n) is 21.1. The second kappa shape index (κ2) is 11.4. The van der Waals surface area contributed by atoms with E-state index in [1.807, 2.05) is 6.92 Å². The molecular weight excluding hydrogens is 519 g/mol. The number of thiazole rings is 1. The van der Waals surface area contributed by atoms with Gasteiger partial charge in [0.25, 0.3) is 5.91 Å². The molecule has 2 aromatic carbocycles. The largest absolute Gasteiger partial charge is 0.335 e. The Hall–Kier alpha value is -2.36. The molecule has 1 heterocycles. The Morgan fingerprint density at radius 1 is 1.00 bits per heavy atom. The van der Waals surface area contributed by atoms with Crippen molar-refractivity contribution >= 4 is 39.8 Å². The lowest BCUT2D eigenvalue weighted by molar-refractivity contribution is 0.102. The van der Waals surface area contributed by atoms with Crippen LogP contribution in [-0.4, -0.2) is 37.8 Å². The van der Waals surface area contributed by atoms with E-state index in [2.05, 4.69) is 10.3 Å². The molecule has 0 radical (unpaired) electrons. The number of hydrogen-bond donors (Lipinski definition) is 1. The van der Waals surface area contributed by atoms with Gasteiger partial charge in [0.15, 0.2) is 15.0 Å². The van der Waals surface area contributed by atoms with Crippen molar-refractivity contribution < 1.29 is 26.8 Å². The molecular formula is C25H31N2O6PS2. The first kappa shape index (κ1) is 28.2. The molecule has 0 saturated carbocycles. The number of anilines is 1. The number of nitrogens with zero attached hydrogens (tertiary/aromatic N) is 1. The third kappa shape index (κ3) is 7.57. The number of carbonyl (C=O) groups excluding carboxylic acids is 1. The average Bonchev–Trinajstić information content (AvgIpc) is 3.12. The molecule has 194 valence electrons. The van der Waals surface area contributed by atoms with Crippen molar-refractivity contribution in [2.24, 2.45) is 0 Å². The van der Waals surface area contributed by atoms with Gasteiger partial charge in [-0.05, 0) is 64.4 Å². The highest BCUT2D eigenvalue weighted by Crippen LogP contribution is 2.53. The summed E-state index contributed by atoms with van der Waals surface area (Å²) in [6.07, 6.45) is 0.777. The molecule has 8 nitrogen and oxygen atoms in total. The minimum atomic E-state index is -3.33. The van der Waals surface area contributed by atoms with Gasteiger partial charge >= 0.3 is 7.60 Å². The number of amides is 1. The van der Waals surface area contributed by atoms with E-state index in [9.17, 15) is 17.8 Å². The molecule has 1 N–H and O–H groups in total. The summed E-state index contributed by atoms with van der Waals surface area (Å²) in [5, 5.41) is 3.25. The molecule has 0 saturated heterocycles. The summed E-state index contributed by atoms with van der Waals surface area (Å²) in [4.78, 5) is 18.4. The van der Waals surface area contributed by atoms with Gasteiger partial charge in [-0.1, -0.05) is 24.3 Å². The van der Waals surface area contributed by atoms with Crippen molar-refractivity contribution in [2.45, 2.75) is 57.9 Å². The summed E-state index contributed by atoms with van der Waals surface area (Å²) in [5.74, 6) is -0.325. The fourth-order valence-corrected chi connectivity index (χ4v) is 7.08. The number of carbonyl (C=O) groups is 1. The van der Waals surface area contributed by atoms with Crippen molar-refractivity contribution in [3.63, 3.8) is 0 Å². The van der Waals surface area contributed by atoms with Crippen LogP contribution in [0.5, 0.6) is 0 Å². The standard InChI is InChI=1S/C25H31N2O6PS2/c1-16(2)32-34(29,33-17(3)4)15-19-7-9-21(10-8-19)24(28)27-25-26-23(18(5)35-25)20-11-13-22(14-12-20)36(6,30)31/h7-14,16-17H,15H2,1-6H3,(H,26,27,28). The van der Waals surface area contributed by atoms with E-state index in [-0.39, 0.29) is 29.2 Å². The number of rotatable bonds is 10. The molecule has 0 unspecified atom stereocenters. The van der Waals surface area contributed by atoms with Gasteiger partial charge in [0, 0.05) is 22.3 Å². The second-order valence-corrected chi connectivity index (χ2v) is 14.1. The normalized spacial score (nSPS) is 12.3. The zero-order valence-corrected chi connectivity index (χ0v) is 23.7. The fourth-order valence-electron chi connectivity index (χ4n) is 3.47. The van der Waals surface area contributed by atoms with Crippen molar-refractivity contribution in [1.29, 1.82) is 0 Å². The van der Waals surface area contributed by atoms with Gasteiger partial charge in [-0.15, -0.1) is 11.3 Å². The lowest BCUT2D eigenvalue weighted by Gasteiger charge is -2.22. The van der Waals surface area contributed by atoms with Gasteiger partial charge in [-0.2, -0.15) is 0 Å². The van der Waals surface area contributed by atoms with Crippen LogP contribution >= 0.6 is 18.9 Å². The summed E-state index contributed by atoms with van der Waals surface area (Å²) >= 11 is 1.33. The van der Waals surface area contributed by atoms with Gasteiger partial charge in [0.1, 0.15) is 0 Å². The molecule has 3 aromatic rings. The Balaban J connectivity index is 1.71. The quantitative estimate of drug-likeness (QED) is 0.294. The monoisotopic (exact) mass is 550 g/mol. The Morgan fingerprint density at radius 3 is 2.06 bits per heavy atom. The molecule has 3 rings (SSSR count). The third-order valence-corrected chi connectivity index (χ3v) is 9.16. The number of aromatic nitrogens is 1. The zero-order chi connectivity index (χ0) is 26.7. The molecule has 36 heavy (non-hydrogen) atoms. The molecule has 1 amide bonds. The van der Waals surface area contributed by atoms with Crippen molar-refractivity contribution in [3.8, 4) is 11.3 Å². The van der Waals surface area contributed by atoms with Gasteiger partial charge in [0.05, 0.1) is 29.0 Å². The van der Waals surface area contributed by atoms with Crippen LogP contribution in [0.15, 0.2) is 53.4 Å². The smallest absolute Gasteiger partial charge is 0.306 e. The summed E-state index contributed by atoms with van der Waals surface area (Å²) in [6, 6.07) is 13.3. The molecule has 0 fully saturated rings. The van der Waals surface area contributed by atoms with Crippen molar-refractivity contribution in [3.05, 3.63) is 64.5 Å². The maximum Gasteiger partial charge on any atom is 0.335 e. The number of sulfone groups is 1. The molecule has 0 atom stereocenters. The van der Waals surface area contributed by atoms with Crippen LogP contribution in [0.25, 0.3) is 11.3 Å². The van der Waals surface area contributed by atoms with E-state index >= 15 is 0 Å². The van der Waals surface area contributed by atoms with Gasteiger partial charge < -0.3 is 9.05 Å². The Morgan fingerprint density at radius 2 is 1.56 bits per heavy atom. The highest BCUT2D eigenvalue weighted by atomic mass is 32.2. The highest BCUT2D eigenvalue weighted by Gasteiger charge is 2.28. The fraction of sp³-hybridized carbons (Fsp3) is 0.360. The van der Waals surface area contributed by atoms with Crippen LogP contribution in [0.4, 0.5) is 5.13 Å². The van der Waals surface area contributed by atoms with E-state index in [0.29, 0.717) is 16.4 Å². The molecule has 11 heteroatoms. The Bertz CT molecular complexity index is 1350. The maximum absolute atomic E-state index is 13.1. The molecule has 0 spiro atoms. The SMILES string of the molecule is Cc1sc(NC(=O)c2ccc(CP(=O)(OC(C)C)OC(C)C)cc2)nc1-c1ccc(S(C)(=O)=O)cc1. The third-order valence-electron chi connectivity index (χ3n) is 4.91. The number of nitrogens with one attached hydrogen (secondary N) is 1. The van der Waals surface area contributed by atoms with E-state index < -0.39 is 17.4 Å². The number of benzene rings is 2. The highest BCUT2D eigenvalue weighted by molar-refractivity contribution is 7.90. The Kier molecular flexibility index (Phi) is 8.90. The van der Waals surface area contributed by atoms with Crippen LogP contribution < -0.4 is 5.32 Å². The topological polar surface area (TPSA) is 112 Å². The average molecular weight is 551 g/mol. The molecule has 0 aliphatic carbocycles. The first-order chi connectivity index (χ1) is 16.8. The predicted octanol–water partition coefficient (Wildman–Crippen LogP) is 6.32. The number of hydrogen-bond acceptors (Lipinski definition) is 8. The number of aryl methyl sites for hydroxylation is 1. The second-order valence-electron chi connectivity index (χ2n) is 8.95. The predicted molar refractivity (Wildman–Crippen MR) is 144 cm³/mol. The van der Waals surface area contributed by atoms with E-state index in [1.54, 1.807) is 76.2 Å². The van der Waals surface area contributed by atoms with E-state index in [1.165, 1.54) is 11.3 Å². The summed E-state index contributed by atoms with van der Waals surface area (Å²) in [5.41, 5.74) is 2.60. The van der Waals surface area contributed by atoms with Crippen molar-refractivity contribution in [2.75, 3.05) is 11.6 Å². The first-order valence-corrected chi connectivity index (χ1v) is 15.8. The van der Waals surface area contributed by atoms with Gasteiger partial charge in [0.2, 0.25) is 0 Å². The molecule has 0 aliphatic rings. The van der Waals surface area contributed by atoms with Gasteiger partial charge in [-0.25, -0.2) is 13.4 Å². The summed E-state index contributed by atoms with van der Waals surface area (Å²) in [6.45, 7) is 9.11. The van der Waals surface area contributed by atoms with Crippen LogP contribution in [0.1, 0.15) is 48.5 Å². The lowest BCUT2D eigenvalue weighted by atomic mass is 10.1. The first-order valence-electron chi connectivity index (χ1n) is 11.4. The summed E-state index contributed by atoms with van der Waals surface area (Å²) < 4.78 is 47.7. The minimum Gasteiger partial charge on any atom is -0.306 e.